The maximum Gasteiger partial charge on any atom is 0.237 e. The van der Waals surface area contributed by atoms with Crippen LogP contribution in [0.2, 0.25) is 5.02 Å². The van der Waals surface area contributed by atoms with Gasteiger partial charge in [0.2, 0.25) is 5.91 Å². The molecule has 3 nitrogen and oxygen atoms in total. The Hall–Kier alpha value is -1.56. The van der Waals surface area contributed by atoms with Crippen LogP contribution in [0.4, 0.5) is 4.39 Å². The molecule has 1 fully saturated rings. The van der Waals surface area contributed by atoms with E-state index >= 15 is 0 Å². The van der Waals surface area contributed by atoms with Gasteiger partial charge in [-0.05, 0) is 48.4 Å². The summed E-state index contributed by atoms with van der Waals surface area (Å²) in [5, 5.41) is 0.680. The zero-order chi connectivity index (χ0) is 19.9. The van der Waals surface area contributed by atoms with Gasteiger partial charge in [0.1, 0.15) is 11.2 Å². The van der Waals surface area contributed by atoms with Crippen molar-refractivity contribution in [3.05, 3.63) is 70.5 Å². The molecule has 1 aliphatic heterocycles. The molecule has 1 saturated heterocycles. The van der Waals surface area contributed by atoms with Crippen molar-refractivity contribution in [2.24, 2.45) is 0 Å². The molecule has 0 spiro atoms. The third kappa shape index (κ3) is 5.72. The largest absolute Gasteiger partial charge is 0.325 e. The van der Waals surface area contributed by atoms with Gasteiger partial charge in [-0.3, -0.25) is 9.69 Å². The summed E-state index contributed by atoms with van der Waals surface area (Å²) in [6, 6.07) is 14.3. The first-order chi connectivity index (χ1) is 13.6. The Bertz CT molecular complexity index is 786. The molecule has 2 aromatic rings. The number of thioether (sulfide) groups is 1. The lowest BCUT2D eigenvalue weighted by atomic mass is 10.2. The highest BCUT2D eigenvalue weighted by Crippen LogP contribution is 2.38. The number of rotatable bonds is 8. The second kappa shape index (κ2) is 10.3. The van der Waals surface area contributed by atoms with Crippen molar-refractivity contribution in [2.45, 2.75) is 31.7 Å². The van der Waals surface area contributed by atoms with Crippen LogP contribution in [0.15, 0.2) is 48.5 Å². The van der Waals surface area contributed by atoms with Gasteiger partial charge in [0.25, 0.3) is 0 Å². The number of carbonyl (C=O) groups excluding carboxylic acids is 1. The Morgan fingerprint density at radius 2 is 2.07 bits per heavy atom. The number of carbonyl (C=O) groups is 1. The van der Waals surface area contributed by atoms with E-state index in [9.17, 15) is 9.18 Å². The SMILES string of the molecule is CCCCN(CC(=O)N1CCSC1c1ccc(F)cc1)Cc1cccc(Cl)c1. The van der Waals surface area contributed by atoms with E-state index in [1.54, 1.807) is 23.9 Å². The third-order valence-corrected chi connectivity index (χ3v) is 6.34. The van der Waals surface area contributed by atoms with E-state index < -0.39 is 0 Å². The van der Waals surface area contributed by atoms with Crippen LogP contribution in [-0.2, 0) is 11.3 Å². The first-order valence-corrected chi connectivity index (χ1v) is 11.1. The van der Waals surface area contributed by atoms with Crippen LogP contribution in [0.3, 0.4) is 0 Å². The van der Waals surface area contributed by atoms with Gasteiger partial charge in [-0.2, -0.15) is 0 Å². The fraction of sp³-hybridized carbons (Fsp3) is 0.409. The summed E-state index contributed by atoms with van der Waals surface area (Å²) >= 11 is 7.85. The van der Waals surface area contributed by atoms with Gasteiger partial charge in [-0.25, -0.2) is 4.39 Å². The number of hydrogen-bond donors (Lipinski definition) is 0. The maximum absolute atomic E-state index is 13.3. The quantitative estimate of drug-likeness (QED) is 0.574. The van der Waals surface area contributed by atoms with Gasteiger partial charge in [0.05, 0.1) is 6.54 Å². The number of halogens is 2. The number of hydrogen-bond acceptors (Lipinski definition) is 3. The highest BCUT2D eigenvalue weighted by atomic mass is 35.5. The van der Waals surface area contributed by atoms with Gasteiger partial charge in [-0.1, -0.05) is 49.2 Å². The molecule has 0 bridgehead atoms. The highest BCUT2D eigenvalue weighted by molar-refractivity contribution is 7.99. The zero-order valence-electron chi connectivity index (χ0n) is 16.1. The molecule has 1 aliphatic rings. The van der Waals surface area contributed by atoms with Crippen LogP contribution in [0.25, 0.3) is 0 Å². The summed E-state index contributed by atoms with van der Waals surface area (Å²) in [7, 11) is 0. The molecule has 150 valence electrons. The first kappa shape index (κ1) is 21.2. The van der Waals surface area contributed by atoms with E-state index in [1.807, 2.05) is 29.2 Å². The molecule has 0 aromatic heterocycles. The standard InChI is InChI=1S/C22H26ClFN2OS/c1-2-3-11-25(15-17-5-4-6-19(23)14-17)16-21(27)26-12-13-28-22(26)18-7-9-20(24)10-8-18/h4-10,14,22H,2-3,11-13,15-16H2,1H3. The average Bonchev–Trinajstić information content (AvgIpc) is 3.16. The Morgan fingerprint density at radius 3 is 2.79 bits per heavy atom. The van der Waals surface area contributed by atoms with Crippen molar-refractivity contribution in [1.82, 2.24) is 9.80 Å². The molecule has 0 saturated carbocycles. The minimum atomic E-state index is -0.253. The van der Waals surface area contributed by atoms with E-state index in [2.05, 4.69) is 11.8 Å². The van der Waals surface area contributed by atoms with E-state index in [1.165, 1.54) is 12.1 Å². The molecule has 6 heteroatoms. The summed E-state index contributed by atoms with van der Waals surface area (Å²) in [6.07, 6.45) is 2.13. The molecule has 2 aromatic carbocycles. The molecule has 0 N–H and O–H groups in total. The van der Waals surface area contributed by atoms with Crippen LogP contribution < -0.4 is 0 Å². The lowest BCUT2D eigenvalue weighted by Crippen LogP contribution is -2.40. The number of nitrogens with zero attached hydrogens (tertiary/aromatic N) is 2. The Labute approximate surface area is 175 Å². The maximum atomic E-state index is 13.3. The Morgan fingerprint density at radius 1 is 1.29 bits per heavy atom. The zero-order valence-corrected chi connectivity index (χ0v) is 17.7. The average molecular weight is 421 g/mol. The fourth-order valence-electron chi connectivity index (χ4n) is 3.40. The number of benzene rings is 2. The summed E-state index contributed by atoms with van der Waals surface area (Å²) in [5.41, 5.74) is 2.09. The molecule has 0 radical (unpaired) electrons. The number of unbranched alkanes of at least 4 members (excludes halogenated alkanes) is 1. The van der Waals surface area contributed by atoms with E-state index in [-0.39, 0.29) is 17.1 Å². The van der Waals surface area contributed by atoms with Gasteiger partial charge < -0.3 is 4.90 Å². The van der Waals surface area contributed by atoms with Crippen LogP contribution in [0, 0.1) is 5.82 Å². The van der Waals surface area contributed by atoms with Crippen LogP contribution >= 0.6 is 23.4 Å². The summed E-state index contributed by atoms with van der Waals surface area (Å²) in [5.74, 6) is 0.770. The molecule has 28 heavy (non-hydrogen) atoms. The number of amides is 1. The van der Waals surface area contributed by atoms with Crippen LogP contribution in [0.5, 0.6) is 0 Å². The van der Waals surface area contributed by atoms with E-state index in [4.69, 9.17) is 11.6 Å². The normalized spacial score (nSPS) is 16.7. The summed E-state index contributed by atoms with van der Waals surface area (Å²) in [4.78, 5) is 17.2. The Kier molecular flexibility index (Phi) is 7.77. The molecule has 0 aliphatic carbocycles. The fourth-order valence-corrected chi connectivity index (χ4v) is 4.89. The lowest BCUT2D eigenvalue weighted by molar-refractivity contribution is -0.132. The van der Waals surface area contributed by atoms with Gasteiger partial charge in [0.15, 0.2) is 0 Å². The topological polar surface area (TPSA) is 23.6 Å². The van der Waals surface area contributed by atoms with E-state index in [0.29, 0.717) is 18.1 Å². The molecule has 3 rings (SSSR count). The van der Waals surface area contributed by atoms with Crippen molar-refractivity contribution >= 4 is 29.3 Å². The van der Waals surface area contributed by atoms with Gasteiger partial charge in [-0.15, -0.1) is 11.8 Å². The molecule has 1 heterocycles. The second-order valence-electron chi connectivity index (χ2n) is 7.06. The minimum absolute atomic E-state index is 0.0349. The first-order valence-electron chi connectivity index (χ1n) is 9.70. The molecule has 1 amide bonds. The van der Waals surface area contributed by atoms with Crippen molar-refractivity contribution in [3.63, 3.8) is 0 Å². The molecule has 1 atom stereocenters. The molecule has 1 unspecified atom stereocenters. The minimum Gasteiger partial charge on any atom is -0.325 e. The predicted octanol–water partition coefficient (Wildman–Crippen LogP) is 5.36. The third-order valence-electron chi connectivity index (χ3n) is 4.85. The van der Waals surface area contributed by atoms with Crippen molar-refractivity contribution in [2.75, 3.05) is 25.4 Å². The van der Waals surface area contributed by atoms with Gasteiger partial charge in [0, 0.05) is 23.9 Å². The van der Waals surface area contributed by atoms with Crippen LogP contribution in [-0.4, -0.2) is 41.1 Å². The summed E-state index contributed by atoms with van der Waals surface area (Å²) in [6.45, 7) is 4.83. The van der Waals surface area contributed by atoms with Gasteiger partial charge >= 0.3 is 0 Å². The highest BCUT2D eigenvalue weighted by Gasteiger charge is 2.31. The van der Waals surface area contributed by atoms with Crippen molar-refractivity contribution in [3.8, 4) is 0 Å². The van der Waals surface area contributed by atoms with E-state index in [0.717, 1.165) is 42.8 Å². The lowest BCUT2D eigenvalue weighted by Gasteiger charge is -2.28. The molecular formula is C22H26ClFN2OS. The van der Waals surface area contributed by atoms with Crippen molar-refractivity contribution < 1.29 is 9.18 Å². The second-order valence-corrected chi connectivity index (χ2v) is 8.68. The van der Waals surface area contributed by atoms with Crippen molar-refractivity contribution in [1.29, 1.82) is 0 Å². The Balaban J connectivity index is 1.68. The smallest absolute Gasteiger partial charge is 0.237 e. The molecular weight excluding hydrogens is 395 g/mol. The van der Waals surface area contributed by atoms with Crippen LogP contribution in [0.1, 0.15) is 36.3 Å². The predicted molar refractivity (Wildman–Crippen MR) is 115 cm³/mol. The summed E-state index contributed by atoms with van der Waals surface area (Å²) < 4.78 is 13.3. The monoisotopic (exact) mass is 420 g/mol.